The Hall–Kier alpha value is -1.34. The number of halogens is 1. The first-order valence-electron chi connectivity index (χ1n) is 9.20. The molecule has 0 aliphatic rings. The summed E-state index contributed by atoms with van der Waals surface area (Å²) in [6.07, 6.45) is 32.0. The Morgan fingerprint density at radius 3 is 1.58 bits per heavy atom. The van der Waals surface area contributed by atoms with Crippen molar-refractivity contribution in [2.45, 2.75) is 71.1 Å². The lowest BCUT2D eigenvalue weighted by molar-refractivity contribution is -0.111. The molecule has 0 fully saturated rings. The quantitative estimate of drug-likeness (QED) is 0.170. The first-order valence-corrected chi connectivity index (χ1v) is 9.58. The van der Waals surface area contributed by atoms with Crippen molar-refractivity contribution in [1.29, 1.82) is 0 Å². The molecule has 0 saturated carbocycles. The number of hydrogen-bond donors (Lipinski definition) is 0. The molecule has 134 valence electrons. The Morgan fingerprint density at radius 1 is 0.667 bits per heavy atom. The number of allylic oxidation sites excluding steroid dienone is 10. The Kier molecular flexibility index (Phi) is 18.6. The summed E-state index contributed by atoms with van der Waals surface area (Å²) in [4.78, 5) is 10.6. The average molecular weight is 349 g/mol. The fourth-order valence-electron chi connectivity index (χ4n) is 2.07. The van der Waals surface area contributed by atoms with Gasteiger partial charge in [-0.15, -0.1) is 0 Å². The van der Waals surface area contributed by atoms with E-state index in [1.165, 1.54) is 0 Å². The number of hydrogen-bond acceptors (Lipinski definition) is 1. The van der Waals surface area contributed by atoms with Gasteiger partial charge in [0.2, 0.25) is 5.24 Å². The lowest BCUT2D eigenvalue weighted by atomic mass is 10.1. The minimum atomic E-state index is -0.218. The maximum absolute atomic E-state index is 10.6. The van der Waals surface area contributed by atoms with Crippen molar-refractivity contribution >= 4 is 16.8 Å². The van der Waals surface area contributed by atoms with Gasteiger partial charge < -0.3 is 0 Å². The van der Waals surface area contributed by atoms with E-state index in [0.717, 1.165) is 57.8 Å². The molecule has 0 radical (unpaired) electrons. The average Bonchev–Trinajstić information content (AvgIpc) is 2.56. The highest BCUT2D eigenvalue weighted by Crippen LogP contribution is 2.05. The Balaban J connectivity index is 3.42. The van der Waals surface area contributed by atoms with Crippen LogP contribution in [0.15, 0.2) is 60.8 Å². The summed E-state index contributed by atoms with van der Waals surface area (Å²) < 4.78 is 0. The smallest absolute Gasteiger partial charge is 0.221 e. The highest BCUT2D eigenvalue weighted by atomic mass is 35.5. The summed E-state index contributed by atoms with van der Waals surface area (Å²) in [7, 11) is 0. The number of rotatable bonds is 15. The van der Waals surface area contributed by atoms with Crippen LogP contribution in [0.3, 0.4) is 0 Å². The summed E-state index contributed by atoms with van der Waals surface area (Å²) >= 11 is 5.29. The van der Waals surface area contributed by atoms with Gasteiger partial charge in [-0.25, -0.2) is 0 Å². The summed E-state index contributed by atoms with van der Waals surface area (Å²) in [5.41, 5.74) is 0. The molecule has 0 aliphatic carbocycles. The Bertz CT molecular complexity index is 427. The van der Waals surface area contributed by atoms with Gasteiger partial charge in [-0.1, -0.05) is 74.1 Å². The van der Waals surface area contributed by atoms with Crippen LogP contribution in [-0.4, -0.2) is 5.24 Å². The van der Waals surface area contributed by atoms with Crippen molar-refractivity contribution in [2.75, 3.05) is 0 Å². The van der Waals surface area contributed by atoms with E-state index in [2.05, 4.69) is 67.7 Å². The van der Waals surface area contributed by atoms with E-state index in [1.54, 1.807) is 0 Å². The van der Waals surface area contributed by atoms with Crippen molar-refractivity contribution in [2.24, 2.45) is 0 Å². The van der Waals surface area contributed by atoms with E-state index in [9.17, 15) is 4.79 Å². The van der Waals surface area contributed by atoms with Crippen LogP contribution in [0, 0.1) is 0 Å². The van der Waals surface area contributed by atoms with E-state index in [-0.39, 0.29) is 5.24 Å². The number of carbonyl (C=O) groups excluding carboxylic acids is 1. The molecular weight excluding hydrogens is 316 g/mol. The molecule has 2 heteroatoms. The second-order valence-electron chi connectivity index (χ2n) is 5.66. The predicted octanol–water partition coefficient (Wildman–Crippen LogP) is 7.45. The highest BCUT2D eigenvalue weighted by Gasteiger charge is 1.94. The van der Waals surface area contributed by atoms with E-state index in [0.29, 0.717) is 6.42 Å². The third-order valence-corrected chi connectivity index (χ3v) is 3.59. The van der Waals surface area contributed by atoms with Crippen LogP contribution in [-0.2, 0) is 4.79 Å². The van der Waals surface area contributed by atoms with Gasteiger partial charge >= 0.3 is 0 Å². The van der Waals surface area contributed by atoms with Crippen molar-refractivity contribution in [1.82, 2.24) is 0 Å². The molecule has 0 aliphatic heterocycles. The van der Waals surface area contributed by atoms with Crippen molar-refractivity contribution in [3.63, 3.8) is 0 Å². The van der Waals surface area contributed by atoms with Crippen molar-refractivity contribution in [3.8, 4) is 0 Å². The van der Waals surface area contributed by atoms with E-state index < -0.39 is 0 Å². The molecule has 0 aromatic rings. The Morgan fingerprint density at radius 2 is 1.12 bits per heavy atom. The van der Waals surface area contributed by atoms with E-state index in [4.69, 9.17) is 11.6 Å². The minimum Gasteiger partial charge on any atom is -0.281 e. The largest absolute Gasteiger partial charge is 0.281 e. The van der Waals surface area contributed by atoms with E-state index in [1.807, 2.05) is 0 Å². The van der Waals surface area contributed by atoms with Gasteiger partial charge in [0, 0.05) is 6.42 Å². The van der Waals surface area contributed by atoms with Crippen molar-refractivity contribution in [3.05, 3.63) is 60.8 Å². The lowest BCUT2D eigenvalue weighted by Gasteiger charge is -1.94. The standard InChI is InChI=1S/C22H33ClO/c1-2-3-4-5-6-7-8-9-10-11-12-13-14-15-16-17-18-19-20-21-22(23)24/h3-4,6-7,9-10,12-13,15-16H,2,5,8,11,14,17-21H2,1H3/b4-3-,7-6-,10-9-,13-12-,16-15-. The molecule has 0 aromatic heterocycles. The van der Waals surface area contributed by atoms with Crippen LogP contribution >= 0.6 is 11.6 Å². The molecule has 0 bridgehead atoms. The highest BCUT2D eigenvalue weighted by molar-refractivity contribution is 6.63. The molecule has 1 nitrogen and oxygen atoms in total. The predicted molar refractivity (Wildman–Crippen MR) is 108 cm³/mol. The summed E-state index contributed by atoms with van der Waals surface area (Å²) in [6, 6.07) is 0. The molecule has 24 heavy (non-hydrogen) atoms. The molecule has 0 saturated heterocycles. The topological polar surface area (TPSA) is 17.1 Å². The zero-order chi connectivity index (χ0) is 17.7. The maximum Gasteiger partial charge on any atom is 0.221 e. The molecule has 0 atom stereocenters. The van der Waals surface area contributed by atoms with Gasteiger partial charge in [0.15, 0.2) is 0 Å². The van der Waals surface area contributed by atoms with Crippen LogP contribution < -0.4 is 0 Å². The van der Waals surface area contributed by atoms with Crippen LogP contribution in [0.25, 0.3) is 0 Å². The molecule has 0 unspecified atom stereocenters. The molecule has 0 rings (SSSR count). The second kappa shape index (κ2) is 19.7. The van der Waals surface area contributed by atoms with Crippen molar-refractivity contribution < 1.29 is 4.79 Å². The van der Waals surface area contributed by atoms with Crippen LogP contribution in [0.4, 0.5) is 0 Å². The van der Waals surface area contributed by atoms with Gasteiger partial charge in [0.25, 0.3) is 0 Å². The van der Waals surface area contributed by atoms with Crippen LogP contribution in [0.5, 0.6) is 0 Å². The van der Waals surface area contributed by atoms with Crippen LogP contribution in [0.2, 0.25) is 0 Å². The van der Waals surface area contributed by atoms with Gasteiger partial charge in [-0.3, -0.25) is 4.79 Å². The lowest BCUT2D eigenvalue weighted by Crippen LogP contribution is -1.85. The fraction of sp³-hybridized carbons (Fsp3) is 0.500. The summed E-state index contributed by atoms with van der Waals surface area (Å²) in [5.74, 6) is 0. The second-order valence-corrected chi connectivity index (χ2v) is 6.08. The maximum atomic E-state index is 10.6. The first-order chi connectivity index (χ1) is 11.8. The Labute approximate surface area is 153 Å². The van der Waals surface area contributed by atoms with E-state index >= 15 is 0 Å². The van der Waals surface area contributed by atoms with Gasteiger partial charge in [0.1, 0.15) is 0 Å². The normalized spacial score (nSPS) is 12.8. The van der Waals surface area contributed by atoms with Gasteiger partial charge in [0.05, 0.1) is 0 Å². The monoisotopic (exact) mass is 348 g/mol. The van der Waals surface area contributed by atoms with Crippen LogP contribution in [0.1, 0.15) is 71.1 Å². The zero-order valence-corrected chi connectivity index (χ0v) is 15.9. The third-order valence-electron chi connectivity index (χ3n) is 3.40. The fourth-order valence-corrected chi connectivity index (χ4v) is 2.21. The number of unbranched alkanes of at least 4 members (excludes halogenated alkanes) is 3. The summed E-state index contributed by atoms with van der Waals surface area (Å²) in [6.45, 7) is 2.15. The van der Waals surface area contributed by atoms with Gasteiger partial charge in [-0.2, -0.15) is 0 Å². The minimum absolute atomic E-state index is 0.218. The van der Waals surface area contributed by atoms with Gasteiger partial charge in [-0.05, 0) is 63.0 Å². The molecule has 0 amide bonds. The molecule has 0 aromatic carbocycles. The summed E-state index contributed by atoms with van der Waals surface area (Å²) in [5, 5.41) is -0.218. The number of carbonyl (C=O) groups is 1. The first kappa shape index (κ1) is 22.7. The zero-order valence-electron chi connectivity index (χ0n) is 15.1. The SMILES string of the molecule is CC/C=C\C/C=C\C/C=C\C/C=C\C/C=C\CCCCCC(=O)Cl. The third kappa shape index (κ3) is 20.7. The molecular formula is C22H33ClO. The molecule has 0 spiro atoms. The molecule has 0 N–H and O–H groups in total. The molecule has 0 heterocycles.